The third-order valence-electron chi connectivity index (χ3n) is 3.35. The van der Waals surface area contributed by atoms with E-state index in [9.17, 15) is 4.79 Å². The van der Waals surface area contributed by atoms with E-state index in [0.29, 0.717) is 5.78 Å². The van der Waals surface area contributed by atoms with E-state index in [0.717, 1.165) is 13.0 Å². The molecular formula is C16H21NOS. The zero-order valence-electron chi connectivity index (χ0n) is 11.8. The maximum absolute atomic E-state index is 12.2. The summed E-state index contributed by atoms with van der Waals surface area (Å²) in [4.78, 5) is 12.2. The van der Waals surface area contributed by atoms with Crippen molar-refractivity contribution in [2.75, 3.05) is 6.54 Å². The minimum Gasteiger partial charge on any atom is -0.307 e. The smallest absolute Gasteiger partial charge is 0.152 e. The molecule has 102 valence electrons. The lowest BCUT2D eigenvalue weighted by Crippen LogP contribution is -2.40. The van der Waals surface area contributed by atoms with Crippen molar-refractivity contribution in [3.63, 3.8) is 0 Å². The van der Waals surface area contributed by atoms with Gasteiger partial charge in [-0.15, -0.1) is 11.3 Å². The van der Waals surface area contributed by atoms with E-state index in [1.54, 1.807) is 11.3 Å². The molecule has 0 aliphatic rings. The van der Waals surface area contributed by atoms with Crippen LogP contribution in [0.15, 0.2) is 29.6 Å². The number of rotatable bonds is 6. The lowest BCUT2D eigenvalue weighted by atomic mass is 9.95. The highest BCUT2D eigenvalue weighted by Crippen LogP contribution is 2.26. The summed E-state index contributed by atoms with van der Waals surface area (Å²) >= 11 is 1.76. The fraction of sp³-hybridized carbons (Fsp3) is 0.438. The van der Waals surface area contributed by atoms with Crippen LogP contribution in [0.3, 0.4) is 0 Å². The number of hydrogen-bond acceptors (Lipinski definition) is 3. The van der Waals surface area contributed by atoms with Crippen LogP contribution in [0.2, 0.25) is 0 Å². The van der Waals surface area contributed by atoms with Crippen molar-refractivity contribution in [1.29, 1.82) is 0 Å². The first-order chi connectivity index (χ1) is 9.13. The minimum atomic E-state index is -0.0667. The molecule has 0 bridgehead atoms. The molecule has 0 saturated heterocycles. The molecule has 1 aromatic heterocycles. The maximum Gasteiger partial charge on any atom is 0.152 e. The van der Waals surface area contributed by atoms with E-state index in [2.05, 4.69) is 35.0 Å². The number of Topliss-reactive ketones (excluding diaryl/α,β-unsaturated/α-hetero) is 1. The minimum absolute atomic E-state index is 0.0667. The Hall–Kier alpha value is -1.19. The zero-order chi connectivity index (χ0) is 13.8. The first-order valence-corrected chi connectivity index (χ1v) is 7.73. The van der Waals surface area contributed by atoms with Crippen molar-refractivity contribution in [3.05, 3.63) is 35.2 Å². The van der Waals surface area contributed by atoms with Gasteiger partial charge in [0.15, 0.2) is 5.78 Å². The van der Waals surface area contributed by atoms with Gasteiger partial charge < -0.3 is 5.32 Å². The third kappa shape index (κ3) is 3.23. The molecule has 0 fully saturated rings. The maximum atomic E-state index is 12.2. The van der Waals surface area contributed by atoms with Crippen LogP contribution in [0.25, 0.3) is 10.1 Å². The molecule has 0 saturated carbocycles. The van der Waals surface area contributed by atoms with E-state index in [1.165, 1.54) is 15.6 Å². The number of carbonyl (C=O) groups is 1. The van der Waals surface area contributed by atoms with Gasteiger partial charge in [-0.1, -0.05) is 39.0 Å². The summed E-state index contributed by atoms with van der Waals surface area (Å²) < 4.78 is 1.30. The number of thiophene rings is 1. The van der Waals surface area contributed by atoms with Crippen LogP contribution in [-0.4, -0.2) is 18.4 Å². The lowest BCUT2D eigenvalue weighted by Gasteiger charge is -2.18. The molecule has 1 N–H and O–H groups in total. The number of likely N-dealkylation sites (N-methyl/N-ethyl adjacent to an activating group) is 1. The Balaban J connectivity index is 2.23. The van der Waals surface area contributed by atoms with Crippen LogP contribution in [0.4, 0.5) is 0 Å². The van der Waals surface area contributed by atoms with Crippen LogP contribution in [0.1, 0.15) is 26.3 Å². The van der Waals surface area contributed by atoms with Crippen molar-refractivity contribution in [3.8, 4) is 0 Å². The lowest BCUT2D eigenvalue weighted by molar-refractivity contribution is -0.123. The van der Waals surface area contributed by atoms with Crippen molar-refractivity contribution >= 4 is 27.2 Å². The SMILES string of the molecule is CCN[C@H](Cc1csc2ccccc12)C(=O)C(C)C. The molecule has 0 spiro atoms. The number of carbonyl (C=O) groups excluding carboxylic acids is 1. The Labute approximate surface area is 118 Å². The normalized spacial score (nSPS) is 13.1. The highest BCUT2D eigenvalue weighted by molar-refractivity contribution is 7.17. The molecule has 0 radical (unpaired) electrons. The van der Waals surface area contributed by atoms with E-state index < -0.39 is 0 Å². The Morgan fingerprint density at radius 2 is 2.05 bits per heavy atom. The molecule has 2 nitrogen and oxygen atoms in total. The summed E-state index contributed by atoms with van der Waals surface area (Å²) in [6.07, 6.45) is 0.787. The Bertz CT molecular complexity index is 559. The molecule has 3 heteroatoms. The fourth-order valence-corrected chi connectivity index (χ4v) is 3.31. The predicted octanol–water partition coefficient (Wildman–Crippen LogP) is 3.65. The second kappa shape index (κ2) is 6.31. The average molecular weight is 275 g/mol. The Morgan fingerprint density at radius 3 is 2.74 bits per heavy atom. The third-order valence-corrected chi connectivity index (χ3v) is 4.36. The summed E-state index contributed by atoms with van der Waals surface area (Å²) in [7, 11) is 0. The number of benzene rings is 1. The van der Waals surface area contributed by atoms with Crippen molar-refractivity contribution < 1.29 is 4.79 Å². The Kier molecular flexibility index (Phi) is 4.72. The molecule has 19 heavy (non-hydrogen) atoms. The molecule has 2 aromatic rings. The first-order valence-electron chi connectivity index (χ1n) is 6.85. The van der Waals surface area contributed by atoms with Gasteiger partial charge in [-0.05, 0) is 35.4 Å². The zero-order valence-corrected chi connectivity index (χ0v) is 12.6. The van der Waals surface area contributed by atoms with Gasteiger partial charge in [-0.25, -0.2) is 0 Å². The largest absolute Gasteiger partial charge is 0.307 e. The van der Waals surface area contributed by atoms with Crippen LogP contribution < -0.4 is 5.32 Å². The van der Waals surface area contributed by atoms with E-state index in [1.807, 2.05) is 20.8 Å². The number of nitrogens with one attached hydrogen (secondary N) is 1. The molecule has 0 aliphatic carbocycles. The summed E-state index contributed by atoms with van der Waals surface area (Å²) in [6.45, 7) is 6.81. The van der Waals surface area contributed by atoms with Crippen LogP contribution >= 0.6 is 11.3 Å². The van der Waals surface area contributed by atoms with Crippen molar-refractivity contribution in [2.24, 2.45) is 5.92 Å². The predicted molar refractivity (Wildman–Crippen MR) is 82.8 cm³/mol. The highest BCUT2D eigenvalue weighted by atomic mass is 32.1. The van der Waals surface area contributed by atoms with Crippen LogP contribution in [0.5, 0.6) is 0 Å². The Morgan fingerprint density at radius 1 is 1.32 bits per heavy atom. The van der Waals surface area contributed by atoms with Gasteiger partial charge in [-0.2, -0.15) is 0 Å². The molecule has 1 aromatic carbocycles. The topological polar surface area (TPSA) is 29.1 Å². The monoisotopic (exact) mass is 275 g/mol. The van der Waals surface area contributed by atoms with Gasteiger partial charge in [-0.3, -0.25) is 4.79 Å². The summed E-state index contributed by atoms with van der Waals surface area (Å²) in [5, 5.41) is 6.79. The highest BCUT2D eigenvalue weighted by Gasteiger charge is 2.21. The first kappa shape index (κ1) is 14.2. The quantitative estimate of drug-likeness (QED) is 0.872. The van der Waals surface area contributed by atoms with E-state index in [4.69, 9.17) is 0 Å². The second-order valence-corrected chi connectivity index (χ2v) is 6.04. The number of ketones is 1. The fourth-order valence-electron chi connectivity index (χ4n) is 2.33. The molecule has 0 aliphatic heterocycles. The van der Waals surface area contributed by atoms with Crippen molar-refractivity contribution in [2.45, 2.75) is 33.2 Å². The summed E-state index contributed by atoms with van der Waals surface area (Å²) in [6, 6.07) is 8.33. The molecule has 0 amide bonds. The van der Waals surface area contributed by atoms with Gasteiger partial charge in [0, 0.05) is 10.6 Å². The molecular weight excluding hydrogens is 254 g/mol. The van der Waals surface area contributed by atoms with E-state index >= 15 is 0 Å². The van der Waals surface area contributed by atoms with E-state index in [-0.39, 0.29) is 12.0 Å². The van der Waals surface area contributed by atoms with Gasteiger partial charge in [0.05, 0.1) is 6.04 Å². The van der Waals surface area contributed by atoms with Gasteiger partial charge in [0.2, 0.25) is 0 Å². The number of hydrogen-bond donors (Lipinski definition) is 1. The standard InChI is InChI=1S/C16H21NOS/c1-4-17-14(16(18)11(2)3)9-12-10-19-15-8-6-5-7-13(12)15/h5-8,10-11,14,17H,4,9H2,1-3H3/t14-/m1/s1. The van der Waals surface area contributed by atoms with Crippen LogP contribution in [0, 0.1) is 5.92 Å². The average Bonchev–Trinajstić information content (AvgIpc) is 2.81. The van der Waals surface area contributed by atoms with Gasteiger partial charge >= 0.3 is 0 Å². The van der Waals surface area contributed by atoms with Crippen molar-refractivity contribution in [1.82, 2.24) is 5.32 Å². The van der Waals surface area contributed by atoms with Crippen LogP contribution in [-0.2, 0) is 11.2 Å². The molecule has 2 rings (SSSR count). The summed E-state index contributed by atoms with van der Waals surface area (Å²) in [5.41, 5.74) is 1.28. The molecule has 0 unspecified atom stereocenters. The second-order valence-electron chi connectivity index (χ2n) is 5.13. The molecule has 1 atom stereocenters. The molecule has 1 heterocycles. The number of fused-ring (bicyclic) bond motifs is 1. The summed E-state index contributed by atoms with van der Waals surface area (Å²) in [5.74, 6) is 0.381. The van der Waals surface area contributed by atoms with Gasteiger partial charge in [0.1, 0.15) is 0 Å². The van der Waals surface area contributed by atoms with Gasteiger partial charge in [0.25, 0.3) is 0 Å².